The van der Waals surface area contributed by atoms with Crippen LogP contribution in [0.2, 0.25) is 0 Å². The maximum atomic E-state index is 2.41. The predicted molar refractivity (Wildman–Crippen MR) is 416 cm³/mol. The van der Waals surface area contributed by atoms with Crippen molar-refractivity contribution in [1.82, 2.24) is 9.13 Å². The van der Waals surface area contributed by atoms with Gasteiger partial charge in [0.05, 0.1) is 22.1 Å². The van der Waals surface area contributed by atoms with Crippen LogP contribution in [0.25, 0.3) is 143 Å². The minimum atomic E-state index is 1.07. The Morgan fingerprint density at radius 1 is 0.163 bits per heavy atom. The van der Waals surface area contributed by atoms with Gasteiger partial charge in [0.2, 0.25) is 0 Å². The van der Waals surface area contributed by atoms with Gasteiger partial charge in [0.15, 0.2) is 0 Å². The van der Waals surface area contributed by atoms with Crippen LogP contribution < -0.4 is 9.80 Å². The molecule has 0 aliphatic carbocycles. The van der Waals surface area contributed by atoms with Crippen LogP contribution in [0, 0.1) is 0 Å². The van der Waals surface area contributed by atoms with E-state index in [2.05, 4.69) is 395 Å². The molecule has 0 fully saturated rings. The normalized spacial score (nSPS) is 11.7. The molecule has 0 radical (unpaired) electrons. The van der Waals surface area contributed by atoms with Gasteiger partial charge in [0, 0.05) is 67.0 Å². The Kier molecular flexibility index (Phi) is 13.5. The molecule has 19 aromatic rings. The molecule has 0 N–H and O–H groups in total. The molecule has 0 saturated heterocycles. The minimum Gasteiger partial charge on any atom is -0.310 e. The Labute approximate surface area is 568 Å². The third-order valence-corrected chi connectivity index (χ3v) is 20.0. The average molecular weight is 1250 g/mol. The Morgan fingerprint density at radius 2 is 0.429 bits per heavy atom. The summed E-state index contributed by atoms with van der Waals surface area (Å²) in [6.07, 6.45) is 0. The van der Waals surface area contributed by atoms with Crippen LogP contribution >= 0.6 is 0 Å². The van der Waals surface area contributed by atoms with E-state index in [1.807, 2.05) is 0 Å². The van der Waals surface area contributed by atoms with Crippen molar-refractivity contribution < 1.29 is 0 Å². The average Bonchev–Trinajstić information content (AvgIpc) is 1.55. The number of hydrogen-bond donors (Lipinski definition) is 0. The number of hydrogen-bond acceptors (Lipinski definition) is 2. The van der Waals surface area contributed by atoms with E-state index in [1.165, 1.54) is 109 Å². The molecule has 17 aromatic carbocycles. The first-order valence-electron chi connectivity index (χ1n) is 33.7. The van der Waals surface area contributed by atoms with Crippen LogP contribution in [-0.4, -0.2) is 9.13 Å². The topological polar surface area (TPSA) is 16.3 Å². The lowest BCUT2D eigenvalue weighted by Crippen LogP contribution is -2.09. The Hall–Kier alpha value is -13.0. The third-order valence-electron chi connectivity index (χ3n) is 20.0. The molecule has 4 heteroatoms. The molecule has 0 saturated carbocycles. The highest BCUT2D eigenvalue weighted by Crippen LogP contribution is 2.48. The van der Waals surface area contributed by atoms with Crippen LogP contribution in [0.1, 0.15) is 0 Å². The van der Waals surface area contributed by atoms with E-state index >= 15 is 0 Å². The minimum absolute atomic E-state index is 1.07. The van der Waals surface area contributed by atoms with Gasteiger partial charge in [0.1, 0.15) is 0 Å². The zero-order valence-electron chi connectivity index (χ0n) is 53.6. The Balaban J connectivity index is 0.703. The van der Waals surface area contributed by atoms with E-state index in [0.717, 1.165) is 67.7 Å². The van der Waals surface area contributed by atoms with E-state index in [-0.39, 0.29) is 0 Å². The van der Waals surface area contributed by atoms with Crippen molar-refractivity contribution in [3.63, 3.8) is 0 Å². The van der Waals surface area contributed by atoms with E-state index < -0.39 is 0 Å². The van der Waals surface area contributed by atoms with E-state index in [4.69, 9.17) is 0 Å². The van der Waals surface area contributed by atoms with Crippen molar-refractivity contribution in [3.05, 3.63) is 376 Å². The van der Waals surface area contributed by atoms with Gasteiger partial charge in [-0.2, -0.15) is 0 Å². The number of benzene rings is 17. The molecular formula is C94H62N4. The standard InChI is InChI=1S/C94H62N4/c1-5-25-73(26-6-1)95(79-51-55-91-87(61-79)85-59-71(69-39-37-63-21-13-15-23-67(63)57-69)45-53-89(85)97(91)75-29-9-3-10-30-75)77-47-41-65(42-48-77)93-81-33-17-19-35-83(81)94(84-36-20-18-34-82(84)93)66-43-49-78(50-44-66)96(74-27-7-2-8-28-74)80-52-56-92-88(62-80)86-60-72(70-40-38-64-22-14-16-24-68(64)58-70)46-54-90(86)98(92)76-31-11-4-12-32-76/h1-62H. The summed E-state index contributed by atoms with van der Waals surface area (Å²) in [5.41, 5.74) is 22.9. The van der Waals surface area contributed by atoms with Crippen LogP contribution in [-0.2, 0) is 0 Å². The molecule has 0 amide bonds. The number of fused-ring (bicyclic) bond motifs is 10. The first-order chi connectivity index (χ1) is 48.6. The lowest BCUT2D eigenvalue weighted by molar-refractivity contribution is 1.18. The maximum Gasteiger partial charge on any atom is 0.0542 e. The highest BCUT2D eigenvalue weighted by Gasteiger charge is 2.23. The fourth-order valence-corrected chi connectivity index (χ4v) is 15.5. The van der Waals surface area contributed by atoms with Gasteiger partial charge in [-0.15, -0.1) is 0 Å². The quantitative estimate of drug-likeness (QED) is 0.113. The van der Waals surface area contributed by atoms with E-state index in [1.54, 1.807) is 0 Å². The second-order valence-corrected chi connectivity index (χ2v) is 25.6. The van der Waals surface area contributed by atoms with Gasteiger partial charge in [-0.25, -0.2) is 0 Å². The van der Waals surface area contributed by atoms with Gasteiger partial charge in [-0.1, -0.05) is 231 Å². The molecule has 4 nitrogen and oxygen atoms in total. The summed E-state index contributed by atoms with van der Waals surface area (Å²) in [6, 6.07) is 138. The fourth-order valence-electron chi connectivity index (χ4n) is 15.5. The maximum absolute atomic E-state index is 2.41. The summed E-state index contributed by atoms with van der Waals surface area (Å²) in [7, 11) is 0. The number of aromatic nitrogens is 2. The van der Waals surface area contributed by atoms with Crippen molar-refractivity contribution in [2.75, 3.05) is 9.80 Å². The zero-order chi connectivity index (χ0) is 64.6. The molecule has 0 aliphatic rings. The molecule has 458 valence electrons. The number of para-hydroxylation sites is 4. The van der Waals surface area contributed by atoms with Crippen LogP contribution in [0.15, 0.2) is 376 Å². The summed E-state index contributed by atoms with van der Waals surface area (Å²) in [6.45, 7) is 0. The summed E-state index contributed by atoms with van der Waals surface area (Å²) in [4.78, 5) is 4.80. The van der Waals surface area contributed by atoms with Crippen molar-refractivity contribution in [2.45, 2.75) is 0 Å². The lowest BCUT2D eigenvalue weighted by atomic mass is 9.86. The SMILES string of the molecule is c1ccc(N(c2ccc(-c3c4ccccc4c(-c4ccc(N(c5ccccc5)c5ccc6c(c5)c5cc(-c7ccc8ccccc8c7)ccc5n6-c5ccccc5)cc4)c4ccccc34)cc2)c2ccc3c(c2)c2cc(-c4ccc5ccccc5c4)ccc2n3-c2ccccc2)cc1. The predicted octanol–water partition coefficient (Wildman–Crippen LogP) is 26.1. The molecule has 0 atom stereocenters. The molecule has 0 bridgehead atoms. The number of rotatable bonds is 12. The van der Waals surface area contributed by atoms with Crippen LogP contribution in [0.4, 0.5) is 34.1 Å². The largest absolute Gasteiger partial charge is 0.310 e. The highest BCUT2D eigenvalue weighted by molar-refractivity contribution is 6.22. The van der Waals surface area contributed by atoms with Crippen LogP contribution in [0.3, 0.4) is 0 Å². The number of nitrogens with zero attached hydrogens (tertiary/aromatic N) is 4. The molecule has 2 heterocycles. The Bertz CT molecular complexity index is 5830. The van der Waals surface area contributed by atoms with Crippen molar-refractivity contribution in [3.8, 4) is 55.9 Å². The molecule has 2 aromatic heterocycles. The second kappa shape index (κ2) is 23.5. The molecule has 0 spiro atoms. The lowest BCUT2D eigenvalue weighted by Gasteiger charge is -2.26. The molecule has 19 rings (SSSR count). The van der Waals surface area contributed by atoms with Crippen LogP contribution in [0.5, 0.6) is 0 Å². The van der Waals surface area contributed by atoms with Crippen molar-refractivity contribution >= 4 is 121 Å². The smallest absolute Gasteiger partial charge is 0.0542 e. The first kappa shape index (κ1) is 56.5. The fraction of sp³-hybridized carbons (Fsp3) is 0. The zero-order valence-corrected chi connectivity index (χ0v) is 53.6. The summed E-state index contributed by atoms with van der Waals surface area (Å²) >= 11 is 0. The summed E-state index contributed by atoms with van der Waals surface area (Å²) in [5.74, 6) is 0. The molecule has 0 unspecified atom stereocenters. The molecular weight excluding hydrogens is 1190 g/mol. The monoisotopic (exact) mass is 1250 g/mol. The summed E-state index contributed by atoms with van der Waals surface area (Å²) in [5, 5.41) is 14.6. The van der Waals surface area contributed by atoms with Gasteiger partial charge in [-0.05, 0) is 233 Å². The first-order valence-corrected chi connectivity index (χ1v) is 33.7. The van der Waals surface area contributed by atoms with E-state index in [0.29, 0.717) is 0 Å². The Morgan fingerprint density at radius 3 is 0.806 bits per heavy atom. The van der Waals surface area contributed by atoms with Crippen molar-refractivity contribution in [1.29, 1.82) is 0 Å². The van der Waals surface area contributed by atoms with E-state index in [9.17, 15) is 0 Å². The van der Waals surface area contributed by atoms with Crippen molar-refractivity contribution in [2.24, 2.45) is 0 Å². The highest BCUT2D eigenvalue weighted by atomic mass is 15.1. The molecule has 0 aliphatic heterocycles. The third kappa shape index (κ3) is 9.60. The van der Waals surface area contributed by atoms with Gasteiger partial charge < -0.3 is 18.9 Å². The van der Waals surface area contributed by atoms with Gasteiger partial charge in [-0.3, -0.25) is 0 Å². The second-order valence-electron chi connectivity index (χ2n) is 25.6. The van der Waals surface area contributed by atoms with Gasteiger partial charge >= 0.3 is 0 Å². The van der Waals surface area contributed by atoms with Gasteiger partial charge in [0.25, 0.3) is 0 Å². The summed E-state index contributed by atoms with van der Waals surface area (Å²) < 4.78 is 4.82. The number of anilines is 6. The molecule has 98 heavy (non-hydrogen) atoms.